The van der Waals surface area contributed by atoms with Crippen LogP contribution < -0.4 is 5.32 Å². The third-order valence-corrected chi connectivity index (χ3v) is 5.27. The number of para-hydroxylation sites is 1. The van der Waals surface area contributed by atoms with Crippen molar-refractivity contribution in [3.63, 3.8) is 0 Å². The standard InChI is InChI=1S/C25H19ClN6O/c26-19-11-9-18(10-12-19)22-16-23(32(29-22)21-7-2-1-3-8-21)25(33)28-24-13-15-31(30-24)17-20-6-4-5-14-27-20/h1-16H,17H2,(H,28,30,33). The molecule has 2 aromatic carbocycles. The first-order valence-electron chi connectivity index (χ1n) is 10.3. The first-order chi connectivity index (χ1) is 16.2. The van der Waals surface area contributed by atoms with Crippen molar-refractivity contribution in [3.8, 4) is 16.9 Å². The number of hydrogen-bond acceptors (Lipinski definition) is 4. The monoisotopic (exact) mass is 454 g/mol. The van der Waals surface area contributed by atoms with E-state index in [2.05, 4.69) is 20.5 Å². The zero-order chi connectivity index (χ0) is 22.6. The quantitative estimate of drug-likeness (QED) is 0.388. The molecule has 0 bridgehead atoms. The Morgan fingerprint density at radius 3 is 2.45 bits per heavy atom. The van der Waals surface area contributed by atoms with Crippen LogP contribution in [0.5, 0.6) is 0 Å². The van der Waals surface area contributed by atoms with Gasteiger partial charge in [-0.05, 0) is 42.5 Å². The Balaban J connectivity index is 1.43. The van der Waals surface area contributed by atoms with E-state index in [0.717, 1.165) is 16.9 Å². The SMILES string of the molecule is O=C(Nc1ccn(Cc2ccccn2)n1)c1cc(-c2ccc(Cl)cc2)nn1-c1ccccc1. The second kappa shape index (κ2) is 9.10. The summed E-state index contributed by atoms with van der Waals surface area (Å²) in [6, 6.07) is 26.1. The van der Waals surface area contributed by atoms with Gasteiger partial charge in [0.15, 0.2) is 5.82 Å². The van der Waals surface area contributed by atoms with Crippen molar-refractivity contribution in [1.29, 1.82) is 0 Å². The van der Waals surface area contributed by atoms with Gasteiger partial charge in [-0.25, -0.2) is 4.68 Å². The number of aromatic nitrogens is 5. The molecule has 5 aromatic rings. The number of anilines is 1. The molecule has 3 aromatic heterocycles. The number of amides is 1. The number of nitrogens with zero attached hydrogens (tertiary/aromatic N) is 5. The highest BCUT2D eigenvalue weighted by atomic mass is 35.5. The molecule has 0 fully saturated rings. The number of hydrogen-bond donors (Lipinski definition) is 1. The van der Waals surface area contributed by atoms with Crippen LogP contribution in [0.4, 0.5) is 5.82 Å². The molecule has 0 unspecified atom stereocenters. The van der Waals surface area contributed by atoms with Gasteiger partial charge < -0.3 is 5.32 Å². The highest BCUT2D eigenvalue weighted by Crippen LogP contribution is 2.24. The predicted octanol–water partition coefficient (Wildman–Crippen LogP) is 5.08. The third kappa shape index (κ3) is 4.68. The molecule has 7 nitrogen and oxygen atoms in total. The fraction of sp³-hybridized carbons (Fsp3) is 0.0400. The molecule has 3 heterocycles. The minimum Gasteiger partial charge on any atom is -0.304 e. The normalized spacial score (nSPS) is 10.8. The summed E-state index contributed by atoms with van der Waals surface area (Å²) in [4.78, 5) is 17.5. The molecular weight excluding hydrogens is 436 g/mol. The summed E-state index contributed by atoms with van der Waals surface area (Å²) < 4.78 is 3.36. The third-order valence-electron chi connectivity index (χ3n) is 5.02. The van der Waals surface area contributed by atoms with Crippen LogP contribution in [0.3, 0.4) is 0 Å². The molecule has 1 N–H and O–H groups in total. The molecule has 0 aliphatic carbocycles. The average Bonchev–Trinajstić information content (AvgIpc) is 3.48. The molecule has 0 aliphatic rings. The summed E-state index contributed by atoms with van der Waals surface area (Å²) in [6.07, 6.45) is 3.54. The summed E-state index contributed by atoms with van der Waals surface area (Å²) in [5.74, 6) is 0.138. The Morgan fingerprint density at radius 1 is 0.909 bits per heavy atom. The van der Waals surface area contributed by atoms with Crippen LogP contribution in [0.1, 0.15) is 16.2 Å². The molecule has 0 saturated carbocycles. The number of halogens is 1. The van der Waals surface area contributed by atoms with Gasteiger partial charge in [0.1, 0.15) is 5.69 Å². The Kier molecular flexibility index (Phi) is 5.70. The summed E-state index contributed by atoms with van der Waals surface area (Å²) >= 11 is 6.02. The molecule has 33 heavy (non-hydrogen) atoms. The van der Waals surface area contributed by atoms with E-state index in [9.17, 15) is 4.79 Å². The maximum absolute atomic E-state index is 13.2. The second-order valence-electron chi connectivity index (χ2n) is 7.34. The molecule has 0 spiro atoms. The fourth-order valence-electron chi connectivity index (χ4n) is 3.42. The number of rotatable bonds is 6. The largest absolute Gasteiger partial charge is 0.304 e. The Bertz CT molecular complexity index is 1380. The van der Waals surface area contributed by atoms with Crippen LogP contribution in [-0.2, 0) is 6.54 Å². The van der Waals surface area contributed by atoms with E-state index in [0.29, 0.717) is 28.8 Å². The molecule has 8 heteroatoms. The summed E-state index contributed by atoms with van der Waals surface area (Å²) in [7, 11) is 0. The number of carbonyl (C=O) groups is 1. The molecule has 0 aliphatic heterocycles. The lowest BCUT2D eigenvalue weighted by atomic mass is 10.1. The lowest BCUT2D eigenvalue weighted by Gasteiger charge is -2.07. The van der Waals surface area contributed by atoms with Gasteiger partial charge in [0.05, 0.1) is 23.6 Å². The lowest BCUT2D eigenvalue weighted by Crippen LogP contribution is -2.17. The topological polar surface area (TPSA) is 77.6 Å². The fourth-order valence-corrected chi connectivity index (χ4v) is 3.55. The Labute approximate surface area is 195 Å². The van der Waals surface area contributed by atoms with Crippen LogP contribution in [0.25, 0.3) is 16.9 Å². The molecular formula is C25H19ClN6O. The number of pyridine rings is 1. The van der Waals surface area contributed by atoms with Crippen molar-refractivity contribution in [2.24, 2.45) is 0 Å². The van der Waals surface area contributed by atoms with Crippen LogP contribution in [-0.4, -0.2) is 30.5 Å². The molecule has 1 amide bonds. The molecule has 0 saturated heterocycles. The van der Waals surface area contributed by atoms with Crippen molar-refractivity contribution in [2.75, 3.05) is 5.32 Å². The number of carbonyl (C=O) groups excluding carboxylic acids is 1. The highest BCUT2D eigenvalue weighted by Gasteiger charge is 2.18. The Hall–Kier alpha value is -4.23. The molecule has 0 atom stereocenters. The van der Waals surface area contributed by atoms with Gasteiger partial charge >= 0.3 is 0 Å². The Morgan fingerprint density at radius 2 is 1.70 bits per heavy atom. The number of nitrogens with one attached hydrogen (secondary N) is 1. The molecule has 5 rings (SSSR count). The maximum Gasteiger partial charge on any atom is 0.275 e. The van der Waals surface area contributed by atoms with E-state index in [1.54, 1.807) is 46.0 Å². The van der Waals surface area contributed by atoms with E-state index in [-0.39, 0.29) is 5.91 Å². The van der Waals surface area contributed by atoms with E-state index >= 15 is 0 Å². The zero-order valence-electron chi connectivity index (χ0n) is 17.5. The summed E-state index contributed by atoms with van der Waals surface area (Å²) in [5, 5.41) is 12.6. The van der Waals surface area contributed by atoms with Crippen LogP contribution in [0, 0.1) is 0 Å². The number of benzene rings is 2. The predicted molar refractivity (Wildman–Crippen MR) is 128 cm³/mol. The zero-order valence-corrected chi connectivity index (χ0v) is 18.2. The van der Waals surface area contributed by atoms with Crippen LogP contribution in [0.15, 0.2) is 97.3 Å². The van der Waals surface area contributed by atoms with Crippen molar-refractivity contribution in [2.45, 2.75) is 6.54 Å². The lowest BCUT2D eigenvalue weighted by molar-refractivity contribution is 0.101. The van der Waals surface area contributed by atoms with Gasteiger partial charge in [-0.15, -0.1) is 0 Å². The molecule has 162 valence electrons. The van der Waals surface area contributed by atoms with E-state index in [4.69, 9.17) is 11.6 Å². The van der Waals surface area contributed by atoms with Crippen LogP contribution >= 0.6 is 11.6 Å². The van der Waals surface area contributed by atoms with Crippen LogP contribution in [0.2, 0.25) is 5.02 Å². The minimum atomic E-state index is -0.311. The first-order valence-corrected chi connectivity index (χ1v) is 10.7. The van der Waals surface area contributed by atoms with E-state index < -0.39 is 0 Å². The van der Waals surface area contributed by atoms with Gasteiger partial charge in [0, 0.05) is 29.0 Å². The minimum absolute atomic E-state index is 0.311. The van der Waals surface area contributed by atoms with E-state index in [1.807, 2.05) is 60.7 Å². The van der Waals surface area contributed by atoms with Gasteiger partial charge in [-0.3, -0.25) is 14.5 Å². The van der Waals surface area contributed by atoms with Gasteiger partial charge in [0.25, 0.3) is 5.91 Å². The second-order valence-corrected chi connectivity index (χ2v) is 7.78. The van der Waals surface area contributed by atoms with Crippen molar-refractivity contribution < 1.29 is 4.79 Å². The molecule has 0 radical (unpaired) electrons. The van der Waals surface area contributed by atoms with E-state index in [1.165, 1.54) is 0 Å². The maximum atomic E-state index is 13.2. The smallest absolute Gasteiger partial charge is 0.275 e. The van der Waals surface area contributed by atoms with Crippen molar-refractivity contribution in [1.82, 2.24) is 24.5 Å². The summed E-state index contributed by atoms with van der Waals surface area (Å²) in [5.41, 5.74) is 3.59. The van der Waals surface area contributed by atoms with Gasteiger partial charge in [-0.1, -0.05) is 48.0 Å². The highest BCUT2D eigenvalue weighted by molar-refractivity contribution is 6.30. The summed E-state index contributed by atoms with van der Waals surface area (Å²) in [6.45, 7) is 0.513. The van der Waals surface area contributed by atoms with Gasteiger partial charge in [-0.2, -0.15) is 10.2 Å². The average molecular weight is 455 g/mol. The van der Waals surface area contributed by atoms with Gasteiger partial charge in [0.2, 0.25) is 0 Å². The van der Waals surface area contributed by atoms with Crippen molar-refractivity contribution >= 4 is 23.3 Å². The first kappa shape index (κ1) is 20.7. The van der Waals surface area contributed by atoms with Crippen molar-refractivity contribution in [3.05, 3.63) is 114 Å².